The Labute approximate surface area is 114 Å². The molecule has 2 aromatic rings. The summed E-state index contributed by atoms with van der Waals surface area (Å²) in [6.07, 6.45) is 2.53. The molecule has 0 saturated heterocycles. The first kappa shape index (κ1) is 12.4. The predicted molar refractivity (Wildman–Crippen MR) is 78.3 cm³/mol. The molecule has 0 aromatic heterocycles. The summed E-state index contributed by atoms with van der Waals surface area (Å²) >= 11 is 0. The van der Waals surface area contributed by atoms with Gasteiger partial charge >= 0.3 is 0 Å². The molecule has 2 aromatic carbocycles. The van der Waals surface area contributed by atoms with Crippen LogP contribution in [0.5, 0.6) is 0 Å². The second kappa shape index (κ2) is 4.50. The molecule has 0 saturated carbocycles. The van der Waals surface area contributed by atoms with Crippen molar-refractivity contribution in [1.82, 2.24) is 0 Å². The summed E-state index contributed by atoms with van der Waals surface area (Å²) < 4.78 is 0. The number of hydrogen-bond donors (Lipinski definition) is 1. The van der Waals surface area contributed by atoms with E-state index in [1.165, 1.54) is 22.3 Å². The topological polar surface area (TPSA) is 20.2 Å². The lowest BCUT2D eigenvalue weighted by molar-refractivity contribution is 0.0389. The second-order valence-electron chi connectivity index (χ2n) is 5.86. The molecule has 0 bridgehead atoms. The van der Waals surface area contributed by atoms with E-state index in [1.54, 1.807) is 0 Å². The molecule has 0 amide bonds. The minimum atomic E-state index is -0.684. The molecule has 98 valence electrons. The van der Waals surface area contributed by atoms with Crippen molar-refractivity contribution in [2.75, 3.05) is 0 Å². The monoisotopic (exact) mass is 252 g/mol. The standard InChI is InChI=1S/C18H20O/c1-13-9-14(2)11-15(10-13)12-18(19)8-7-16-5-3-4-6-17(16)18/h3-6,9-11,19H,7-8,12H2,1-2H3. The Hall–Kier alpha value is -1.60. The highest BCUT2D eigenvalue weighted by Gasteiger charge is 2.36. The molecule has 1 aliphatic rings. The number of benzene rings is 2. The maximum atomic E-state index is 11.0. The Kier molecular flexibility index (Phi) is 2.94. The molecule has 0 radical (unpaired) electrons. The fraction of sp³-hybridized carbons (Fsp3) is 0.333. The molecule has 1 nitrogen and oxygen atoms in total. The average Bonchev–Trinajstić information content (AvgIpc) is 2.66. The van der Waals surface area contributed by atoms with Gasteiger partial charge in [0.15, 0.2) is 0 Å². The first-order valence-corrected chi connectivity index (χ1v) is 6.95. The summed E-state index contributed by atoms with van der Waals surface area (Å²) in [6.45, 7) is 4.23. The van der Waals surface area contributed by atoms with Crippen LogP contribution in [-0.2, 0) is 18.4 Å². The molecule has 1 atom stereocenters. The molecule has 1 unspecified atom stereocenters. The Morgan fingerprint density at radius 1 is 1.05 bits per heavy atom. The van der Waals surface area contributed by atoms with Crippen molar-refractivity contribution in [3.63, 3.8) is 0 Å². The van der Waals surface area contributed by atoms with Gasteiger partial charge in [0.05, 0.1) is 5.60 Å². The lowest BCUT2D eigenvalue weighted by atomic mass is 9.88. The van der Waals surface area contributed by atoms with Gasteiger partial charge in [0, 0.05) is 6.42 Å². The third-order valence-corrected chi connectivity index (χ3v) is 4.10. The van der Waals surface area contributed by atoms with Crippen molar-refractivity contribution in [3.8, 4) is 0 Å². The first-order chi connectivity index (χ1) is 9.07. The summed E-state index contributed by atoms with van der Waals surface area (Å²) in [5.41, 5.74) is 5.51. The molecule has 1 aliphatic carbocycles. The van der Waals surface area contributed by atoms with Crippen LogP contribution in [0.1, 0.15) is 34.2 Å². The van der Waals surface area contributed by atoms with E-state index < -0.39 is 5.60 Å². The molecule has 1 heteroatoms. The van der Waals surface area contributed by atoms with E-state index in [1.807, 2.05) is 6.07 Å². The average molecular weight is 252 g/mol. The zero-order chi connectivity index (χ0) is 13.5. The van der Waals surface area contributed by atoms with Gasteiger partial charge in [-0.1, -0.05) is 53.6 Å². The lowest BCUT2D eigenvalue weighted by Gasteiger charge is -2.24. The zero-order valence-electron chi connectivity index (χ0n) is 11.6. The number of rotatable bonds is 2. The van der Waals surface area contributed by atoms with Crippen LogP contribution >= 0.6 is 0 Å². The summed E-state index contributed by atoms with van der Waals surface area (Å²) in [5.74, 6) is 0. The molecule has 0 spiro atoms. The highest BCUT2D eigenvalue weighted by Crippen LogP contribution is 2.39. The maximum absolute atomic E-state index is 11.0. The quantitative estimate of drug-likeness (QED) is 0.864. The smallest absolute Gasteiger partial charge is 0.0942 e. The zero-order valence-corrected chi connectivity index (χ0v) is 11.6. The van der Waals surface area contributed by atoms with Crippen LogP contribution < -0.4 is 0 Å². The van der Waals surface area contributed by atoms with Gasteiger partial charge in [0.25, 0.3) is 0 Å². The SMILES string of the molecule is Cc1cc(C)cc(CC2(O)CCc3ccccc32)c1. The highest BCUT2D eigenvalue weighted by molar-refractivity contribution is 5.39. The van der Waals surface area contributed by atoms with Gasteiger partial charge in [0.2, 0.25) is 0 Å². The molecule has 0 aliphatic heterocycles. The molecule has 1 N–H and O–H groups in total. The first-order valence-electron chi connectivity index (χ1n) is 6.95. The van der Waals surface area contributed by atoms with Crippen LogP contribution in [0.15, 0.2) is 42.5 Å². The summed E-state index contributed by atoms with van der Waals surface area (Å²) in [4.78, 5) is 0. The maximum Gasteiger partial charge on any atom is 0.0942 e. The largest absolute Gasteiger partial charge is 0.385 e. The van der Waals surface area contributed by atoms with E-state index in [0.717, 1.165) is 18.4 Å². The van der Waals surface area contributed by atoms with Gasteiger partial charge in [0.1, 0.15) is 0 Å². The van der Waals surface area contributed by atoms with Crippen LogP contribution in [0.4, 0.5) is 0 Å². The molecular weight excluding hydrogens is 232 g/mol. The van der Waals surface area contributed by atoms with Crippen LogP contribution in [0.25, 0.3) is 0 Å². The van der Waals surface area contributed by atoms with Crippen LogP contribution in [0, 0.1) is 13.8 Å². The fourth-order valence-electron chi connectivity index (χ4n) is 3.36. The molecular formula is C18H20O. The van der Waals surface area contributed by atoms with Crippen molar-refractivity contribution < 1.29 is 5.11 Å². The third kappa shape index (κ3) is 2.31. The van der Waals surface area contributed by atoms with E-state index in [2.05, 4.69) is 50.2 Å². The van der Waals surface area contributed by atoms with Crippen LogP contribution in [0.3, 0.4) is 0 Å². The van der Waals surface area contributed by atoms with Crippen molar-refractivity contribution >= 4 is 0 Å². The predicted octanol–water partition coefficient (Wildman–Crippen LogP) is 3.68. The van der Waals surface area contributed by atoms with Crippen molar-refractivity contribution in [2.24, 2.45) is 0 Å². The van der Waals surface area contributed by atoms with E-state index in [0.29, 0.717) is 6.42 Å². The van der Waals surface area contributed by atoms with Gasteiger partial charge in [-0.05, 0) is 43.4 Å². The van der Waals surface area contributed by atoms with Crippen LogP contribution in [-0.4, -0.2) is 5.11 Å². The van der Waals surface area contributed by atoms with Gasteiger partial charge in [-0.2, -0.15) is 0 Å². The number of aryl methyl sites for hydroxylation is 3. The molecule has 0 heterocycles. The van der Waals surface area contributed by atoms with Crippen LogP contribution in [0.2, 0.25) is 0 Å². The summed E-state index contributed by atoms with van der Waals surface area (Å²) in [5, 5.41) is 11.0. The summed E-state index contributed by atoms with van der Waals surface area (Å²) in [7, 11) is 0. The highest BCUT2D eigenvalue weighted by atomic mass is 16.3. The van der Waals surface area contributed by atoms with E-state index in [9.17, 15) is 5.11 Å². The molecule has 3 rings (SSSR count). The molecule has 0 fully saturated rings. The number of aliphatic hydroxyl groups is 1. The van der Waals surface area contributed by atoms with Gasteiger partial charge in [-0.25, -0.2) is 0 Å². The third-order valence-electron chi connectivity index (χ3n) is 4.10. The number of fused-ring (bicyclic) bond motifs is 1. The van der Waals surface area contributed by atoms with E-state index in [4.69, 9.17) is 0 Å². The minimum Gasteiger partial charge on any atom is -0.385 e. The van der Waals surface area contributed by atoms with E-state index in [-0.39, 0.29) is 0 Å². The van der Waals surface area contributed by atoms with Gasteiger partial charge in [-0.3, -0.25) is 0 Å². The summed E-state index contributed by atoms with van der Waals surface area (Å²) in [6, 6.07) is 14.8. The second-order valence-corrected chi connectivity index (χ2v) is 5.86. The van der Waals surface area contributed by atoms with Gasteiger partial charge < -0.3 is 5.11 Å². The van der Waals surface area contributed by atoms with Crippen molar-refractivity contribution in [2.45, 2.75) is 38.7 Å². The van der Waals surface area contributed by atoms with E-state index >= 15 is 0 Å². The fourth-order valence-corrected chi connectivity index (χ4v) is 3.36. The Balaban J connectivity index is 1.95. The molecule has 19 heavy (non-hydrogen) atoms. The Bertz CT molecular complexity index is 595. The van der Waals surface area contributed by atoms with Crippen molar-refractivity contribution in [1.29, 1.82) is 0 Å². The number of hydrogen-bond acceptors (Lipinski definition) is 1. The van der Waals surface area contributed by atoms with Gasteiger partial charge in [-0.15, -0.1) is 0 Å². The van der Waals surface area contributed by atoms with Crippen molar-refractivity contribution in [3.05, 3.63) is 70.3 Å². The normalized spacial score (nSPS) is 21.4. The Morgan fingerprint density at radius 2 is 1.74 bits per heavy atom. The minimum absolute atomic E-state index is 0.684. The Morgan fingerprint density at radius 3 is 2.47 bits per heavy atom. The lowest BCUT2D eigenvalue weighted by Crippen LogP contribution is -2.25.